The van der Waals surface area contributed by atoms with Crippen LogP contribution in [-0.2, 0) is 4.79 Å². The van der Waals surface area contributed by atoms with Crippen molar-refractivity contribution in [1.29, 1.82) is 5.26 Å². The quantitative estimate of drug-likeness (QED) is 0.267. The van der Waals surface area contributed by atoms with Crippen LogP contribution in [0.5, 0.6) is 5.88 Å². The Morgan fingerprint density at radius 1 is 1.16 bits per heavy atom. The van der Waals surface area contributed by atoms with Crippen molar-refractivity contribution in [2.24, 2.45) is 0 Å². The lowest BCUT2D eigenvalue weighted by Crippen LogP contribution is -2.55. The Morgan fingerprint density at radius 2 is 1.98 bits per heavy atom. The number of halogens is 2. The van der Waals surface area contributed by atoms with Crippen molar-refractivity contribution in [2.45, 2.75) is 31.3 Å². The van der Waals surface area contributed by atoms with Crippen molar-refractivity contribution in [2.75, 3.05) is 44.7 Å². The number of likely N-dealkylation sites (N-methyl/N-ethyl adjacent to an activating group) is 1. The molecule has 2 aromatic heterocycles. The maximum atomic E-state index is 15.0. The number of aromatic nitrogens is 2. The summed E-state index contributed by atoms with van der Waals surface area (Å²) in [6.45, 7) is 5.56. The molecule has 220 valence electrons. The Bertz CT molecular complexity index is 1750. The van der Waals surface area contributed by atoms with E-state index in [1.54, 1.807) is 12.3 Å². The van der Waals surface area contributed by atoms with E-state index in [2.05, 4.69) is 24.6 Å². The lowest BCUT2D eigenvalue weighted by molar-refractivity contribution is -0.131. The van der Waals surface area contributed by atoms with Gasteiger partial charge in [0, 0.05) is 48.9 Å². The minimum Gasteiger partial charge on any atom is -0.476 e. The number of nitrogens with zero attached hydrogens (tertiary/aromatic N) is 6. The predicted octanol–water partition coefficient (Wildman–Crippen LogP) is 5.48. The van der Waals surface area contributed by atoms with Crippen LogP contribution in [0.2, 0.25) is 0 Å². The molecule has 1 amide bonds. The number of pyridine rings is 2. The fourth-order valence-electron chi connectivity index (χ4n) is 6.22. The summed E-state index contributed by atoms with van der Waals surface area (Å²) in [5, 5.41) is 10.8. The molecule has 4 heterocycles. The molecule has 43 heavy (non-hydrogen) atoms. The van der Waals surface area contributed by atoms with Crippen LogP contribution in [0.1, 0.15) is 19.3 Å². The summed E-state index contributed by atoms with van der Waals surface area (Å²) in [7, 11) is 2.09. The van der Waals surface area contributed by atoms with Crippen LogP contribution in [0.15, 0.2) is 67.1 Å². The van der Waals surface area contributed by atoms with Crippen LogP contribution in [0.3, 0.4) is 0 Å². The molecule has 0 aliphatic carbocycles. The highest BCUT2D eigenvalue weighted by molar-refractivity contribution is 5.99. The number of benzene rings is 2. The van der Waals surface area contributed by atoms with E-state index in [1.807, 2.05) is 41.3 Å². The van der Waals surface area contributed by atoms with Crippen molar-refractivity contribution in [3.8, 4) is 23.1 Å². The highest BCUT2D eigenvalue weighted by atomic mass is 19.1. The van der Waals surface area contributed by atoms with Gasteiger partial charge in [0.25, 0.3) is 5.91 Å². The number of hydrogen-bond acceptors (Lipinski definition) is 7. The number of carbonyl (C=O) groups excluding carboxylic acids is 1. The smallest absolute Gasteiger partial charge is 0.282 e. The summed E-state index contributed by atoms with van der Waals surface area (Å²) in [6, 6.07) is 16.3. The highest BCUT2D eigenvalue weighted by Crippen LogP contribution is 2.35. The fourth-order valence-corrected chi connectivity index (χ4v) is 6.22. The first kappa shape index (κ1) is 28.5. The molecule has 2 atom stereocenters. The van der Waals surface area contributed by atoms with Crippen LogP contribution in [-0.4, -0.2) is 77.6 Å². The van der Waals surface area contributed by atoms with E-state index < -0.39 is 17.8 Å². The number of piperazine rings is 1. The van der Waals surface area contributed by atoms with Gasteiger partial charge in [-0.05, 0) is 49.5 Å². The second-order valence-corrected chi connectivity index (χ2v) is 11.2. The van der Waals surface area contributed by atoms with Crippen LogP contribution in [0.25, 0.3) is 32.9 Å². The van der Waals surface area contributed by atoms with Gasteiger partial charge in [-0.25, -0.2) is 13.8 Å². The lowest BCUT2D eigenvalue weighted by Gasteiger charge is -2.41. The molecular formula is C33H32F2N6O2. The van der Waals surface area contributed by atoms with Crippen LogP contribution in [0, 0.1) is 17.1 Å². The molecule has 0 spiro atoms. The van der Waals surface area contributed by atoms with Crippen molar-refractivity contribution < 1.29 is 18.3 Å². The van der Waals surface area contributed by atoms with E-state index in [-0.39, 0.29) is 24.8 Å². The van der Waals surface area contributed by atoms with Gasteiger partial charge in [-0.1, -0.05) is 36.9 Å². The molecular weight excluding hydrogens is 550 g/mol. The van der Waals surface area contributed by atoms with E-state index in [9.17, 15) is 18.8 Å². The molecule has 2 saturated heterocycles. The predicted molar refractivity (Wildman–Crippen MR) is 162 cm³/mol. The van der Waals surface area contributed by atoms with Crippen molar-refractivity contribution in [3.63, 3.8) is 0 Å². The molecule has 1 unspecified atom stereocenters. The molecule has 0 saturated carbocycles. The maximum absolute atomic E-state index is 15.0. The van der Waals surface area contributed by atoms with E-state index >= 15 is 0 Å². The Kier molecular flexibility index (Phi) is 7.91. The SMILES string of the molecule is C=C(F)C(=O)N1CCN(c2cc(OC[C@@H]3CCCN3C)nc3cc(-c4cccc5cccc(F)c45)cnc23)CC1CC#N. The van der Waals surface area contributed by atoms with Crippen molar-refractivity contribution >= 4 is 33.4 Å². The topological polar surface area (TPSA) is 85.6 Å². The normalized spacial score (nSPS) is 19.1. The molecule has 0 bridgehead atoms. The number of carbonyl (C=O) groups is 1. The van der Waals surface area contributed by atoms with Crippen molar-refractivity contribution in [3.05, 3.63) is 73.0 Å². The second-order valence-electron chi connectivity index (χ2n) is 11.2. The van der Waals surface area contributed by atoms with Gasteiger partial charge in [0.2, 0.25) is 5.88 Å². The van der Waals surface area contributed by atoms with Gasteiger partial charge in [-0.2, -0.15) is 5.26 Å². The summed E-state index contributed by atoms with van der Waals surface area (Å²) >= 11 is 0. The molecule has 4 aromatic rings. The zero-order valence-electron chi connectivity index (χ0n) is 24.0. The summed E-state index contributed by atoms with van der Waals surface area (Å²) in [5.41, 5.74) is 3.35. The summed E-state index contributed by atoms with van der Waals surface area (Å²) in [6.07, 6.45) is 3.91. The summed E-state index contributed by atoms with van der Waals surface area (Å²) in [5.74, 6) is -1.73. The number of likely N-dealkylation sites (tertiary alicyclic amines) is 1. The van der Waals surface area contributed by atoms with Crippen LogP contribution >= 0.6 is 0 Å². The van der Waals surface area contributed by atoms with Gasteiger partial charge in [0.1, 0.15) is 17.9 Å². The van der Waals surface area contributed by atoms with E-state index in [0.717, 1.165) is 30.5 Å². The lowest BCUT2D eigenvalue weighted by atomic mass is 9.98. The highest BCUT2D eigenvalue weighted by Gasteiger charge is 2.33. The van der Waals surface area contributed by atoms with Crippen LogP contribution in [0.4, 0.5) is 14.5 Å². The van der Waals surface area contributed by atoms with E-state index in [0.29, 0.717) is 53.1 Å². The molecule has 10 heteroatoms. The fraction of sp³-hybridized carbons (Fsp3) is 0.333. The minimum atomic E-state index is -1.04. The van der Waals surface area contributed by atoms with E-state index in [4.69, 9.17) is 14.7 Å². The Morgan fingerprint density at radius 3 is 2.72 bits per heavy atom. The summed E-state index contributed by atoms with van der Waals surface area (Å²) in [4.78, 5) is 27.8. The van der Waals surface area contributed by atoms with E-state index in [1.165, 1.54) is 11.0 Å². The zero-order valence-corrected chi connectivity index (χ0v) is 24.0. The number of anilines is 1. The number of hydrogen-bond donors (Lipinski definition) is 0. The van der Waals surface area contributed by atoms with Gasteiger partial charge in [-0.15, -0.1) is 0 Å². The number of ether oxygens (including phenoxy) is 1. The molecule has 0 radical (unpaired) electrons. The standard InChI is InChI=1S/C33H32F2N6O2/c1-21(34)33(42)41-15-14-40(19-24(41)11-12-36)29-17-30(43-20-25-8-5-13-39(25)2)38-28-16-23(18-37-32(28)29)26-9-3-6-22-7-4-10-27(35)31(22)26/h3-4,6-7,9-10,16-18,24-25H,1,5,8,11,13-15,19-20H2,2H3/t24?,25-/m0/s1. The number of fused-ring (bicyclic) bond motifs is 2. The Hall–Kier alpha value is -4.62. The third-order valence-electron chi connectivity index (χ3n) is 8.50. The average Bonchev–Trinajstić information content (AvgIpc) is 3.43. The second kappa shape index (κ2) is 11.9. The van der Waals surface area contributed by atoms with Gasteiger partial charge < -0.3 is 19.4 Å². The molecule has 8 nitrogen and oxygen atoms in total. The molecule has 2 aliphatic heterocycles. The molecule has 2 aromatic carbocycles. The van der Waals surface area contributed by atoms with Gasteiger partial charge >= 0.3 is 0 Å². The van der Waals surface area contributed by atoms with Gasteiger partial charge in [0.15, 0.2) is 5.83 Å². The van der Waals surface area contributed by atoms with Crippen molar-refractivity contribution in [1.82, 2.24) is 19.8 Å². The molecule has 6 rings (SSSR count). The number of amides is 1. The van der Waals surface area contributed by atoms with Crippen LogP contribution < -0.4 is 9.64 Å². The monoisotopic (exact) mass is 582 g/mol. The first-order valence-corrected chi connectivity index (χ1v) is 14.4. The minimum absolute atomic E-state index is 0.0418. The van der Waals surface area contributed by atoms with Gasteiger partial charge in [-0.3, -0.25) is 9.78 Å². The first-order chi connectivity index (χ1) is 20.8. The van der Waals surface area contributed by atoms with Gasteiger partial charge in [0.05, 0.1) is 29.7 Å². The number of nitriles is 1. The largest absolute Gasteiger partial charge is 0.476 e. The Balaban J connectivity index is 1.41. The first-order valence-electron chi connectivity index (χ1n) is 14.4. The third-order valence-corrected chi connectivity index (χ3v) is 8.50. The maximum Gasteiger partial charge on any atom is 0.282 e. The number of rotatable bonds is 7. The molecule has 2 fully saturated rings. The molecule has 2 aliphatic rings. The zero-order chi connectivity index (χ0) is 30.1. The summed E-state index contributed by atoms with van der Waals surface area (Å²) < 4.78 is 35.0. The molecule has 0 N–H and O–H groups in total. The average molecular weight is 583 g/mol. The third kappa shape index (κ3) is 5.60. The Labute approximate surface area is 248 Å².